The highest BCUT2D eigenvalue weighted by Gasteiger charge is 2.14. The molecule has 0 atom stereocenters. The van der Waals surface area contributed by atoms with Gasteiger partial charge >= 0.3 is 0 Å². The first-order valence-corrected chi connectivity index (χ1v) is 5.61. The summed E-state index contributed by atoms with van der Waals surface area (Å²) in [5.74, 6) is 4.55. The topological polar surface area (TPSA) is 80.0 Å². The smallest absolute Gasteiger partial charge is 0.259 e. The molecule has 19 heavy (non-hydrogen) atoms. The number of anilines is 2. The van der Waals surface area contributed by atoms with E-state index < -0.39 is 11.7 Å². The molecule has 2 aromatic rings. The molecule has 1 aromatic heterocycles. The van der Waals surface area contributed by atoms with Crippen LogP contribution in [0.5, 0.6) is 0 Å². The lowest BCUT2D eigenvalue weighted by molar-refractivity contribution is 0.102. The van der Waals surface area contributed by atoms with Crippen LogP contribution in [-0.4, -0.2) is 10.9 Å². The molecule has 0 bridgehead atoms. The third-order valence-corrected chi connectivity index (χ3v) is 2.56. The fourth-order valence-electron chi connectivity index (χ4n) is 1.65. The number of benzene rings is 1. The zero-order chi connectivity index (χ0) is 13.8. The van der Waals surface area contributed by atoms with E-state index in [9.17, 15) is 9.18 Å². The van der Waals surface area contributed by atoms with E-state index in [4.69, 9.17) is 5.84 Å². The van der Waals surface area contributed by atoms with Crippen LogP contribution in [0.15, 0.2) is 36.5 Å². The minimum absolute atomic E-state index is 0.0485. The SMILES string of the molecule is Cc1ccnc(NC(=O)c2cccc(F)c2NN)c1. The summed E-state index contributed by atoms with van der Waals surface area (Å²) in [6, 6.07) is 7.66. The molecular weight excluding hydrogens is 247 g/mol. The molecule has 0 aliphatic rings. The van der Waals surface area contributed by atoms with Crippen molar-refractivity contribution in [1.29, 1.82) is 0 Å². The molecule has 0 aliphatic heterocycles. The number of halogens is 1. The Labute approximate surface area is 109 Å². The zero-order valence-corrected chi connectivity index (χ0v) is 10.3. The second-order valence-electron chi connectivity index (χ2n) is 3.98. The summed E-state index contributed by atoms with van der Waals surface area (Å²) in [4.78, 5) is 16.0. The first-order valence-electron chi connectivity index (χ1n) is 5.61. The normalized spacial score (nSPS) is 10.1. The predicted molar refractivity (Wildman–Crippen MR) is 71.1 cm³/mol. The lowest BCUT2D eigenvalue weighted by Gasteiger charge is -2.10. The molecule has 98 valence electrons. The summed E-state index contributed by atoms with van der Waals surface area (Å²) in [5, 5.41) is 2.59. The van der Waals surface area contributed by atoms with Crippen molar-refractivity contribution in [2.45, 2.75) is 6.92 Å². The van der Waals surface area contributed by atoms with E-state index in [1.165, 1.54) is 18.2 Å². The molecule has 0 spiro atoms. The molecule has 1 aromatic carbocycles. The maximum absolute atomic E-state index is 13.5. The molecule has 1 amide bonds. The van der Waals surface area contributed by atoms with Gasteiger partial charge in [-0.05, 0) is 36.8 Å². The number of aryl methyl sites for hydroxylation is 1. The third kappa shape index (κ3) is 2.86. The van der Waals surface area contributed by atoms with Gasteiger partial charge < -0.3 is 10.7 Å². The van der Waals surface area contributed by atoms with Crippen LogP contribution >= 0.6 is 0 Å². The van der Waals surface area contributed by atoms with E-state index in [0.29, 0.717) is 5.82 Å². The van der Waals surface area contributed by atoms with Crippen LogP contribution < -0.4 is 16.6 Å². The lowest BCUT2D eigenvalue weighted by atomic mass is 10.1. The van der Waals surface area contributed by atoms with Crippen LogP contribution in [0.4, 0.5) is 15.9 Å². The summed E-state index contributed by atoms with van der Waals surface area (Å²) in [7, 11) is 0. The molecule has 0 fully saturated rings. The third-order valence-electron chi connectivity index (χ3n) is 2.56. The highest BCUT2D eigenvalue weighted by Crippen LogP contribution is 2.19. The number of nitrogens with one attached hydrogen (secondary N) is 2. The number of rotatable bonds is 3. The molecule has 2 rings (SSSR count). The van der Waals surface area contributed by atoms with Gasteiger partial charge in [-0.2, -0.15) is 0 Å². The maximum atomic E-state index is 13.5. The molecule has 6 heteroatoms. The second-order valence-corrected chi connectivity index (χ2v) is 3.98. The van der Waals surface area contributed by atoms with Gasteiger partial charge in [-0.25, -0.2) is 9.37 Å². The van der Waals surface area contributed by atoms with Crippen molar-refractivity contribution in [3.63, 3.8) is 0 Å². The first-order chi connectivity index (χ1) is 9.11. The van der Waals surface area contributed by atoms with Gasteiger partial charge in [-0.1, -0.05) is 6.07 Å². The number of hydrazine groups is 1. The van der Waals surface area contributed by atoms with Crippen molar-refractivity contribution in [1.82, 2.24) is 4.98 Å². The zero-order valence-electron chi connectivity index (χ0n) is 10.3. The first kappa shape index (κ1) is 13.0. The van der Waals surface area contributed by atoms with Crippen molar-refractivity contribution in [2.24, 2.45) is 5.84 Å². The fourth-order valence-corrected chi connectivity index (χ4v) is 1.65. The summed E-state index contributed by atoms with van der Waals surface area (Å²) in [5.41, 5.74) is 3.21. The number of nitrogens with zero attached hydrogens (tertiary/aromatic N) is 1. The van der Waals surface area contributed by atoms with Crippen LogP contribution in [0, 0.1) is 12.7 Å². The van der Waals surface area contributed by atoms with Gasteiger partial charge in [0.25, 0.3) is 5.91 Å². The largest absolute Gasteiger partial charge is 0.321 e. The number of pyridine rings is 1. The van der Waals surface area contributed by atoms with E-state index in [2.05, 4.69) is 15.7 Å². The number of aromatic nitrogens is 1. The number of hydrogen-bond donors (Lipinski definition) is 3. The highest BCUT2D eigenvalue weighted by atomic mass is 19.1. The summed E-state index contributed by atoms with van der Waals surface area (Å²) >= 11 is 0. The van der Waals surface area contributed by atoms with Gasteiger partial charge in [0.05, 0.1) is 11.3 Å². The molecule has 4 N–H and O–H groups in total. The number of hydrogen-bond acceptors (Lipinski definition) is 4. The molecule has 0 aliphatic carbocycles. The molecule has 0 unspecified atom stereocenters. The molecule has 1 heterocycles. The fraction of sp³-hybridized carbons (Fsp3) is 0.0769. The average molecular weight is 260 g/mol. The molecular formula is C13H13FN4O. The van der Waals surface area contributed by atoms with E-state index in [1.54, 1.807) is 12.3 Å². The standard InChI is InChI=1S/C13H13FN4O/c1-8-5-6-16-11(7-8)17-13(19)9-3-2-4-10(14)12(9)18-15/h2-7,18H,15H2,1H3,(H,16,17,19). The summed E-state index contributed by atoms with van der Waals surface area (Å²) in [6.45, 7) is 1.88. The minimum atomic E-state index is -0.590. The van der Waals surface area contributed by atoms with Gasteiger partial charge in [0.1, 0.15) is 11.6 Å². The van der Waals surface area contributed by atoms with E-state index in [-0.39, 0.29) is 11.3 Å². The Hall–Kier alpha value is -2.47. The average Bonchev–Trinajstić information content (AvgIpc) is 2.38. The van der Waals surface area contributed by atoms with E-state index in [1.807, 2.05) is 13.0 Å². The molecule has 5 nitrogen and oxygen atoms in total. The Bertz CT molecular complexity index is 615. The van der Waals surface area contributed by atoms with Crippen LogP contribution in [0.2, 0.25) is 0 Å². The minimum Gasteiger partial charge on any atom is -0.321 e. The summed E-state index contributed by atoms with van der Waals surface area (Å²) < 4.78 is 13.5. The highest BCUT2D eigenvalue weighted by molar-refractivity contribution is 6.07. The number of para-hydroxylation sites is 1. The quantitative estimate of drug-likeness (QED) is 0.583. The number of nitrogen functional groups attached to an aromatic ring is 1. The lowest BCUT2D eigenvalue weighted by Crippen LogP contribution is -2.18. The van der Waals surface area contributed by atoms with Crippen LogP contribution in [-0.2, 0) is 0 Å². The van der Waals surface area contributed by atoms with E-state index >= 15 is 0 Å². The molecule has 0 saturated heterocycles. The predicted octanol–water partition coefficient (Wildman–Crippen LogP) is 2.07. The van der Waals surface area contributed by atoms with Gasteiger partial charge in [-0.15, -0.1) is 0 Å². The summed E-state index contributed by atoms with van der Waals surface area (Å²) in [6.07, 6.45) is 1.58. The number of nitrogens with two attached hydrogens (primary N) is 1. The monoisotopic (exact) mass is 260 g/mol. The van der Waals surface area contributed by atoms with Crippen molar-refractivity contribution in [3.8, 4) is 0 Å². The van der Waals surface area contributed by atoms with Crippen LogP contribution in [0.3, 0.4) is 0 Å². The number of carbonyl (C=O) groups excluding carboxylic acids is 1. The molecule has 0 saturated carbocycles. The van der Waals surface area contributed by atoms with Crippen molar-refractivity contribution in [2.75, 3.05) is 10.7 Å². The van der Waals surface area contributed by atoms with Crippen molar-refractivity contribution < 1.29 is 9.18 Å². The Morgan fingerprint density at radius 3 is 2.84 bits per heavy atom. The van der Waals surface area contributed by atoms with Crippen LogP contribution in [0.1, 0.15) is 15.9 Å². The van der Waals surface area contributed by atoms with Gasteiger partial charge in [0, 0.05) is 6.20 Å². The van der Waals surface area contributed by atoms with Gasteiger partial charge in [-0.3, -0.25) is 10.6 Å². The Morgan fingerprint density at radius 1 is 1.37 bits per heavy atom. The Balaban J connectivity index is 2.28. The maximum Gasteiger partial charge on any atom is 0.259 e. The number of amides is 1. The van der Waals surface area contributed by atoms with E-state index in [0.717, 1.165) is 5.56 Å². The van der Waals surface area contributed by atoms with Gasteiger partial charge in [0.15, 0.2) is 0 Å². The van der Waals surface area contributed by atoms with Crippen molar-refractivity contribution >= 4 is 17.4 Å². The van der Waals surface area contributed by atoms with Crippen LogP contribution in [0.25, 0.3) is 0 Å². The number of carbonyl (C=O) groups is 1. The van der Waals surface area contributed by atoms with Gasteiger partial charge in [0.2, 0.25) is 0 Å². The Morgan fingerprint density at radius 2 is 2.16 bits per heavy atom. The Kier molecular flexibility index (Phi) is 3.72. The second kappa shape index (κ2) is 5.45. The van der Waals surface area contributed by atoms with Crippen molar-refractivity contribution in [3.05, 3.63) is 53.5 Å². The molecule has 0 radical (unpaired) electrons.